The van der Waals surface area contributed by atoms with Gasteiger partial charge in [-0.1, -0.05) is 30.3 Å². The summed E-state index contributed by atoms with van der Waals surface area (Å²) in [5, 5.41) is 0. The lowest BCUT2D eigenvalue weighted by Gasteiger charge is -2.46. The van der Waals surface area contributed by atoms with Crippen molar-refractivity contribution in [3.63, 3.8) is 0 Å². The number of ether oxygens (including phenoxy) is 2. The van der Waals surface area contributed by atoms with Gasteiger partial charge in [-0.25, -0.2) is 0 Å². The van der Waals surface area contributed by atoms with E-state index in [4.69, 9.17) is 9.47 Å². The minimum Gasteiger partial charge on any atom is -0.378 e. The zero-order valence-electron chi connectivity index (χ0n) is 14.6. The van der Waals surface area contributed by atoms with Crippen molar-refractivity contribution in [1.29, 1.82) is 0 Å². The zero-order valence-corrected chi connectivity index (χ0v) is 15.4. The van der Waals surface area contributed by atoms with Crippen molar-refractivity contribution < 1.29 is 14.3 Å². The Hall–Kier alpha value is -1.10. The van der Waals surface area contributed by atoms with Crippen molar-refractivity contribution in [2.24, 2.45) is 0 Å². The number of morpholine rings is 1. The van der Waals surface area contributed by atoms with Gasteiger partial charge in [0.15, 0.2) is 0 Å². The van der Waals surface area contributed by atoms with Crippen LogP contribution in [0, 0.1) is 0 Å². The third-order valence-electron chi connectivity index (χ3n) is 5.08. The molecule has 2 aliphatic heterocycles. The van der Waals surface area contributed by atoms with Crippen LogP contribution in [-0.2, 0) is 19.7 Å². The monoisotopic (exact) mass is 353 g/mol. The molecule has 1 aromatic carbocycles. The highest BCUT2D eigenvalue weighted by Crippen LogP contribution is 2.44. The largest absolute Gasteiger partial charge is 0.378 e. The van der Waals surface area contributed by atoms with Gasteiger partial charge in [0.25, 0.3) is 0 Å². The first kappa shape index (κ1) is 19.2. The standard InChI is InChI=1S/C19H27NO3.ClH/c1-18(2)15-19(8-11-23-18,16-6-4-3-5-7-16)14-17(21)20-9-12-22-13-10-20;/h3-7H,8-15H2,1-2H3;1H. The normalized spacial score (nSPS) is 26.5. The van der Waals surface area contributed by atoms with E-state index < -0.39 is 0 Å². The lowest BCUT2D eigenvalue weighted by molar-refractivity contribution is -0.140. The number of carbonyl (C=O) groups excluding carboxylic acids is 1. The summed E-state index contributed by atoms with van der Waals surface area (Å²) < 4.78 is 11.3. The van der Waals surface area contributed by atoms with E-state index in [1.807, 2.05) is 11.0 Å². The van der Waals surface area contributed by atoms with Crippen LogP contribution in [0.4, 0.5) is 0 Å². The summed E-state index contributed by atoms with van der Waals surface area (Å²) in [6.07, 6.45) is 2.33. The Morgan fingerprint density at radius 3 is 2.42 bits per heavy atom. The fraction of sp³-hybridized carbons (Fsp3) is 0.632. The smallest absolute Gasteiger partial charge is 0.223 e. The van der Waals surface area contributed by atoms with E-state index in [-0.39, 0.29) is 29.3 Å². The van der Waals surface area contributed by atoms with Gasteiger partial charge in [0.2, 0.25) is 5.91 Å². The van der Waals surface area contributed by atoms with Crippen LogP contribution in [-0.4, -0.2) is 49.3 Å². The maximum Gasteiger partial charge on any atom is 0.223 e. The highest BCUT2D eigenvalue weighted by molar-refractivity contribution is 5.85. The van der Waals surface area contributed by atoms with Gasteiger partial charge in [-0.15, -0.1) is 12.4 Å². The van der Waals surface area contributed by atoms with Crippen LogP contribution in [0.2, 0.25) is 0 Å². The van der Waals surface area contributed by atoms with Crippen molar-refractivity contribution in [3.8, 4) is 0 Å². The number of amides is 1. The van der Waals surface area contributed by atoms with Crippen LogP contribution in [0.3, 0.4) is 0 Å². The molecule has 1 atom stereocenters. The highest BCUT2D eigenvalue weighted by Gasteiger charge is 2.44. The first-order valence-corrected chi connectivity index (χ1v) is 8.56. The fourth-order valence-corrected chi connectivity index (χ4v) is 3.98. The molecular formula is C19H28ClNO3. The van der Waals surface area contributed by atoms with Gasteiger partial charge < -0.3 is 14.4 Å². The molecule has 0 bridgehead atoms. The number of carbonyl (C=O) groups is 1. The van der Waals surface area contributed by atoms with E-state index in [0.29, 0.717) is 39.3 Å². The molecule has 0 radical (unpaired) electrons. The van der Waals surface area contributed by atoms with Crippen LogP contribution in [0.5, 0.6) is 0 Å². The second-order valence-electron chi connectivity index (χ2n) is 7.35. The molecule has 2 fully saturated rings. The molecule has 0 aromatic heterocycles. The van der Waals surface area contributed by atoms with E-state index in [1.165, 1.54) is 5.56 Å². The molecule has 0 spiro atoms. The van der Waals surface area contributed by atoms with Gasteiger partial charge >= 0.3 is 0 Å². The summed E-state index contributed by atoms with van der Waals surface area (Å²) >= 11 is 0. The Bertz CT molecular complexity index is 543. The quantitative estimate of drug-likeness (QED) is 0.837. The second-order valence-corrected chi connectivity index (χ2v) is 7.35. The molecule has 0 N–H and O–H groups in total. The number of benzene rings is 1. The van der Waals surface area contributed by atoms with Gasteiger partial charge in [-0.3, -0.25) is 4.79 Å². The maximum absolute atomic E-state index is 12.9. The van der Waals surface area contributed by atoms with Crippen molar-refractivity contribution >= 4 is 18.3 Å². The second kappa shape index (κ2) is 7.85. The molecule has 2 aliphatic rings. The first-order chi connectivity index (χ1) is 11.0. The number of hydrogen-bond donors (Lipinski definition) is 0. The molecule has 1 amide bonds. The molecule has 0 saturated carbocycles. The van der Waals surface area contributed by atoms with Crippen molar-refractivity contribution in [1.82, 2.24) is 4.90 Å². The van der Waals surface area contributed by atoms with Gasteiger partial charge in [-0.2, -0.15) is 0 Å². The molecule has 0 aliphatic carbocycles. The predicted molar refractivity (Wildman–Crippen MR) is 96.6 cm³/mol. The minimum atomic E-state index is -0.195. The molecule has 4 nitrogen and oxygen atoms in total. The summed E-state index contributed by atoms with van der Waals surface area (Å²) in [5.41, 5.74) is 0.940. The highest BCUT2D eigenvalue weighted by atomic mass is 35.5. The van der Waals surface area contributed by atoms with Crippen LogP contribution in [0.25, 0.3) is 0 Å². The van der Waals surface area contributed by atoms with Crippen LogP contribution in [0.1, 0.15) is 38.7 Å². The van der Waals surface area contributed by atoms with Crippen LogP contribution in [0.15, 0.2) is 30.3 Å². The number of halogens is 1. The summed E-state index contributed by atoms with van der Waals surface area (Å²) in [6.45, 7) is 7.69. The minimum absolute atomic E-state index is 0. The topological polar surface area (TPSA) is 38.8 Å². The molecular weight excluding hydrogens is 326 g/mol. The molecule has 3 rings (SSSR count). The van der Waals surface area contributed by atoms with Gasteiger partial charge in [-0.05, 0) is 32.3 Å². The van der Waals surface area contributed by atoms with Crippen molar-refractivity contribution in [2.75, 3.05) is 32.9 Å². The fourth-order valence-electron chi connectivity index (χ4n) is 3.98. The number of nitrogens with zero attached hydrogens (tertiary/aromatic N) is 1. The van der Waals surface area contributed by atoms with Gasteiger partial charge in [0.05, 0.1) is 18.8 Å². The van der Waals surface area contributed by atoms with Gasteiger partial charge in [0, 0.05) is 31.5 Å². The average Bonchev–Trinajstić information content (AvgIpc) is 2.55. The van der Waals surface area contributed by atoms with E-state index in [1.54, 1.807) is 0 Å². The van der Waals surface area contributed by atoms with E-state index in [0.717, 1.165) is 12.8 Å². The summed E-state index contributed by atoms with van der Waals surface area (Å²) in [4.78, 5) is 14.8. The lowest BCUT2D eigenvalue weighted by Crippen LogP contribution is -2.48. The first-order valence-electron chi connectivity index (χ1n) is 8.56. The molecule has 24 heavy (non-hydrogen) atoms. The number of rotatable bonds is 3. The maximum atomic E-state index is 12.9. The summed E-state index contributed by atoms with van der Waals surface area (Å²) in [7, 11) is 0. The molecule has 2 heterocycles. The van der Waals surface area contributed by atoms with Crippen molar-refractivity contribution in [3.05, 3.63) is 35.9 Å². The average molecular weight is 354 g/mol. The Kier molecular flexibility index (Phi) is 6.29. The Morgan fingerprint density at radius 2 is 1.79 bits per heavy atom. The number of hydrogen-bond acceptors (Lipinski definition) is 3. The van der Waals surface area contributed by atoms with Crippen LogP contribution < -0.4 is 0 Å². The van der Waals surface area contributed by atoms with E-state index in [9.17, 15) is 4.79 Å². The Labute approximate surface area is 150 Å². The van der Waals surface area contributed by atoms with Crippen LogP contribution >= 0.6 is 12.4 Å². The summed E-state index contributed by atoms with van der Waals surface area (Å²) in [6, 6.07) is 10.5. The molecule has 1 unspecified atom stereocenters. The molecule has 134 valence electrons. The van der Waals surface area contributed by atoms with Crippen molar-refractivity contribution in [2.45, 2.75) is 44.1 Å². The molecule has 2 saturated heterocycles. The predicted octanol–water partition coefficient (Wildman–Crippen LogP) is 3.18. The third kappa shape index (κ3) is 4.29. The summed E-state index contributed by atoms with van der Waals surface area (Å²) in [5.74, 6) is 0.245. The third-order valence-corrected chi connectivity index (χ3v) is 5.08. The van der Waals surface area contributed by atoms with E-state index in [2.05, 4.69) is 38.1 Å². The molecule has 5 heteroatoms. The van der Waals surface area contributed by atoms with E-state index >= 15 is 0 Å². The zero-order chi connectivity index (χ0) is 16.3. The lowest BCUT2D eigenvalue weighted by atomic mass is 9.67. The molecule has 1 aromatic rings. The SMILES string of the molecule is CC1(C)CC(CC(=O)N2CCOCC2)(c2ccccc2)CCO1.Cl. The Morgan fingerprint density at radius 1 is 1.12 bits per heavy atom. The van der Waals surface area contributed by atoms with Gasteiger partial charge in [0.1, 0.15) is 0 Å². The Balaban J connectivity index is 0.00000208.